The highest BCUT2D eigenvalue weighted by Gasteiger charge is 2.31. The van der Waals surface area contributed by atoms with Gasteiger partial charge in [-0.2, -0.15) is 18.3 Å². The predicted molar refractivity (Wildman–Crippen MR) is 114 cm³/mol. The number of nitrogens with two attached hydrogens (primary N) is 1. The summed E-state index contributed by atoms with van der Waals surface area (Å²) < 4.78 is 42.1. The molecule has 0 spiro atoms. The molecule has 0 amide bonds. The van der Waals surface area contributed by atoms with Gasteiger partial charge in [-0.05, 0) is 55.5 Å². The Hall–Kier alpha value is -4.41. The average molecular weight is 455 g/mol. The lowest BCUT2D eigenvalue weighted by atomic mass is 10.1. The first-order chi connectivity index (χ1) is 15.6. The smallest absolute Gasteiger partial charge is 0.416 e. The van der Waals surface area contributed by atoms with E-state index in [1.807, 2.05) is 0 Å². The van der Waals surface area contributed by atoms with Crippen molar-refractivity contribution in [2.24, 2.45) is 0 Å². The van der Waals surface area contributed by atoms with Crippen LogP contribution in [0.5, 0.6) is 0 Å². The molecule has 168 valence electrons. The van der Waals surface area contributed by atoms with E-state index in [1.54, 1.807) is 30.3 Å². The van der Waals surface area contributed by atoms with Crippen molar-refractivity contribution in [3.8, 4) is 22.8 Å². The Morgan fingerprint density at radius 3 is 2.39 bits per heavy atom. The number of hydrogen-bond donors (Lipinski definition) is 2. The van der Waals surface area contributed by atoms with Gasteiger partial charge in [-0.15, -0.1) is 0 Å². The van der Waals surface area contributed by atoms with Crippen LogP contribution >= 0.6 is 0 Å². The molecule has 11 heteroatoms. The Labute approximate surface area is 184 Å². The van der Waals surface area contributed by atoms with Crippen LogP contribution in [0.3, 0.4) is 0 Å². The number of halogens is 3. The van der Waals surface area contributed by atoms with E-state index in [0.717, 1.165) is 22.8 Å². The summed E-state index contributed by atoms with van der Waals surface area (Å²) in [7, 11) is 0. The maximum Gasteiger partial charge on any atom is 0.416 e. The van der Waals surface area contributed by atoms with E-state index in [2.05, 4.69) is 10.1 Å². The van der Waals surface area contributed by atoms with Gasteiger partial charge in [0.25, 0.3) is 5.56 Å². The normalized spacial score (nSPS) is 11.5. The molecule has 0 radical (unpaired) electrons. The third-order valence-electron chi connectivity index (χ3n) is 4.96. The number of nitrogens with zero attached hydrogens (tertiary/aromatic N) is 4. The highest BCUT2D eigenvalue weighted by atomic mass is 19.4. The maximum atomic E-state index is 13.2. The Kier molecular flexibility index (Phi) is 5.24. The summed E-state index contributed by atoms with van der Waals surface area (Å²) in [4.78, 5) is 28.7. The van der Waals surface area contributed by atoms with Crippen molar-refractivity contribution in [2.45, 2.75) is 13.1 Å². The standard InChI is InChI=1S/C22H16F3N5O3/c1-12-18(17-9-10-27-30(17)15-7-5-14(26)6-8-15)28-19(21(32)33)20(31)29(12)16-4-2-3-13(11-16)22(23,24)25/h2-11H,26H2,1H3,(H,32,33). The van der Waals surface area contributed by atoms with E-state index < -0.39 is 29.0 Å². The minimum atomic E-state index is -4.65. The minimum absolute atomic E-state index is 0.0683. The van der Waals surface area contributed by atoms with E-state index in [-0.39, 0.29) is 17.1 Å². The lowest BCUT2D eigenvalue weighted by Gasteiger charge is -2.17. The molecule has 0 bridgehead atoms. The molecular formula is C22H16F3N5O3. The third-order valence-corrected chi connectivity index (χ3v) is 4.96. The number of hydrogen-bond acceptors (Lipinski definition) is 5. The molecule has 0 aliphatic carbocycles. The van der Waals surface area contributed by atoms with Crippen LogP contribution in [0.1, 0.15) is 21.7 Å². The van der Waals surface area contributed by atoms with Gasteiger partial charge in [0, 0.05) is 11.4 Å². The quantitative estimate of drug-likeness (QED) is 0.454. The summed E-state index contributed by atoms with van der Waals surface area (Å²) in [6.07, 6.45) is -3.19. The van der Waals surface area contributed by atoms with Crippen molar-refractivity contribution in [3.05, 3.63) is 88.1 Å². The minimum Gasteiger partial charge on any atom is -0.476 e. The molecular weight excluding hydrogens is 439 g/mol. The van der Waals surface area contributed by atoms with Gasteiger partial charge in [0.1, 0.15) is 5.69 Å². The lowest BCUT2D eigenvalue weighted by Crippen LogP contribution is -2.30. The van der Waals surface area contributed by atoms with Crippen LogP contribution in [0, 0.1) is 6.92 Å². The number of aromatic carboxylic acids is 1. The van der Waals surface area contributed by atoms with Crippen molar-refractivity contribution in [3.63, 3.8) is 0 Å². The molecule has 2 aromatic carbocycles. The fourth-order valence-electron chi connectivity index (χ4n) is 3.42. The first-order valence-corrected chi connectivity index (χ1v) is 9.53. The first-order valence-electron chi connectivity index (χ1n) is 9.53. The number of alkyl halides is 3. The van der Waals surface area contributed by atoms with E-state index >= 15 is 0 Å². The second-order valence-corrected chi connectivity index (χ2v) is 7.11. The fourth-order valence-corrected chi connectivity index (χ4v) is 3.42. The molecule has 8 nitrogen and oxygen atoms in total. The van der Waals surface area contributed by atoms with Crippen LogP contribution in [0.15, 0.2) is 65.6 Å². The van der Waals surface area contributed by atoms with Crippen LogP contribution in [0.2, 0.25) is 0 Å². The van der Waals surface area contributed by atoms with Crippen molar-refractivity contribution in [2.75, 3.05) is 5.73 Å². The van der Waals surface area contributed by atoms with Gasteiger partial charge in [0.15, 0.2) is 0 Å². The molecule has 0 saturated carbocycles. The van der Waals surface area contributed by atoms with Crippen LogP contribution in [0.4, 0.5) is 18.9 Å². The van der Waals surface area contributed by atoms with Gasteiger partial charge in [0.05, 0.1) is 28.8 Å². The van der Waals surface area contributed by atoms with Gasteiger partial charge in [-0.25, -0.2) is 14.5 Å². The van der Waals surface area contributed by atoms with E-state index in [4.69, 9.17) is 5.73 Å². The number of anilines is 1. The number of rotatable bonds is 4. The summed E-state index contributed by atoms with van der Waals surface area (Å²) in [5.41, 5.74) is 4.36. The van der Waals surface area contributed by atoms with Gasteiger partial charge < -0.3 is 10.8 Å². The number of benzene rings is 2. The molecule has 0 atom stereocenters. The van der Waals surface area contributed by atoms with Crippen molar-refractivity contribution in [1.29, 1.82) is 0 Å². The molecule has 4 aromatic rings. The molecule has 0 fully saturated rings. The molecule has 0 aliphatic rings. The molecule has 2 heterocycles. The molecule has 0 aliphatic heterocycles. The second-order valence-electron chi connectivity index (χ2n) is 7.11. The maximum absolute atomic E-state index is 13.2. The zero-order valence-corrected chi connectivity index (χ0v) is 17.0. The molecule has 3 N–H and O–H groups in total. The molecule has 2 aromatic heterocycles. The molecule has 33 heavy (non-hydrogen) atoms. The van der Waals surface area contributed by atoms with E-state index in [1.165, 1.54) is 23.9 Å². The van der Waals surface area contributed by atoms with E-state index in [0.29, 0.717) is 17.1 Å². The summed E-state index contributed by atoms with van der Waals surface area (Å²) in [5.74, 6) is -1.61. The zero-order chi connectivity index (χ0) is 23.9. The summed E-state index contributed by atoms with van der Waals surface area (Å²) in [6, 6.07) is 12.3. The van der Waals surface area contributed by atoms with Crippen LogP contribution in [-0.4, -0.2) is 30.4 Å². The van der Waals surface area contributed by atoms with Crippen LogP contribution in [-0.2, 0) is 6.18 Å². The average Bonchev–Trinajstić information content (AvgIpc) is 3.23. The first kappa shape index (κ1) is 21.8. The topological polar surface area (TPSA) is 116 Å². The molecule has 0 unspecified atom stereocenters. The molecule has 4 rings (SSSR count). The third kappa shape index (κ3) is 3.95. The second kappa shape index (κ2) is 7.93. The monoisotopic (exact) mass is 455 g/mol. The number of carbonyl (C=O) groups is 1. The van der Waals surface area contributed by atoms with Gasteiger partial charge >= 0.3 is 12.1 Å². The van der Waals surface area contributed by atoms with Crippen LogP contribution in [0.25, 0.3) is 22.8 Å². The van der Waals surface area contributed by atoms with E-state index in [9.17, 15) is 27.9 Å². The van der Waals surface area contributed by atoms with Crippen molar-refractivity contribution >= 4 is 11.7 Å². The number of nitrogen functional groups attached to an aromatic ring is 1. The summed E-state index contributed by atoms with van der Waals surface area (Å²) in [6.45, 7) is 1.47. The van der Waals surface area contributed by atoms with Gasteiger partial charge in [-0.1, -0.05) is 6.07 Å². The lowest BCUT2D eigenvalue weighted by molar-refractivity contribution is -0.137. The highest BCUT2D eigenvalue weighted by Crippen LogP contribution is 2.31. The summed E-state index contributed by atoms with van der Waals surface area (Å²) >= 11 is 0. The zero-order valence-electron chi connectivity index (χ0n) is 17.0. The highest BCUT2D eigenvalue weighted by molar-refractivity contribution is 5.86. The van der Waals surface area contributed by atoms with Gasteiger partial charge in [-0.3, -0.25) is 9.36 Å². The number of aromatic nitrogens is 4. The van der Waals surface area contributed by atoms with Crippen LogP contribution < -0.4 is 11.3 Å². The Bertz CT molecular complexity index is 1420. The summed E-state index contributed by atoms with van der Waals surface area (Å²) in [5, 5.41) is 13.8. The molecule has 0 saturated heterocycles. The largest absolute Gasteiger partial charge is 0.476 e. The number of carboxylic acid groups (broad SMARTS) is 1. The van der Waals surface area contributed by atoms with Gasteiger partial charge in [0.2, 0.25) is 5.69 Å². The number of carboxylic acids is 1. The SMILES string of the molecule is Cc1c(-c2ccnn2-c2ccc(N)cc2)nc(C(=O)O)c(=O)n1-c1cccc(C(F)(F)F)c1. The Balaban J connectivity index is 2.00. The Morgan fingerprint density at radius 2 is 1.76 bits per heavy atom. The Morgan fingerprint density at radius 1 is 1.06 bits per heavy atom. The predicted octanol–water partition coefficient (Wildman–Crippen LogP) is 3.69. The fraction of sp³-hybridized carbons (Fsp3) is 0.0909. The van der Waals surface area contributed by atoms with Crippen molar-refractivity contribution in [1.82, 2.24) is 19.3 Å². The van der Waals surface area contributed by atoms with Crippen molar-refractivity contribution < 1.29 is 23.1 Å².